The second kappa shape index (κ2) is 5.33. The molecular weight excluding hydrogens is 254 g/mol. The van der Waals surface area contributed by atoms with Crippen molar-refractivity contribution in [3.05, 3.63) is 66.5 Å². The van der Waals surface area contributed by atoms with E-state index in [2.05, 4.69) is 74.3 Å². The molecular formula is C20H21N. The van der Waals surface area contributed by atoms with Crippen LogP contribution in [0.4, 0.5) is 0 Å². The van der Waals surface area contributed by atoms with E-state index in [9.17, 15) is 0 Å². The highest BCUT2D eigenvalue weighted by Crippen LogP contribution is 2.26. The summed E-state index contributed by atoms with van der Waals surface area (Å²) in [6, 6.07) is 17.5. The van der Waals surface area contributed by atoms with Gasteiger partial charge in [0.2, 0.25) is 0 Å². The molecule has 0 amide bonds. The molecule has 0 radical (unpaired) electrons. The van der Waals surface area contributed by atoms with Crippen LogP contribution < -0.4 is 0 Å². The van der Waals surface area contributed by atoms with Crippen molar-refractivity contribution in [1.82, 2.24) is 4.98 Å². The summed E-state index contributed by atoms with van der Waals surface area (Å²) >= 11 is 0. The van der Waals surface area contributed by atoms with Gasteiger partial charge in [-0.3, -0.25) is 4.98 Å². The highest BCUT2D eigenvalue weighted by molar-refractivity contribution is 5.86. The van der Waals surface area contributed by atoms with Gasteiger partial charge in [0.25, 0.3) is 0 Å². The Hall–Kier alpha value is -2.15. The van der Waals surface area contributed by atoms with Crippen LogP contribution in [0.25, 0.3) is 21.9 Å². The summed E-state index contributed by atoms with van der Waals surface area (Å²) in [5, 5.41) is 2.42. The molecule has 0 spiro atoms. The molecule has 1 heterocycles. The minimum atomic E-state index is 0.331. The lowest BCUT2D eigenvalue weighted by Gasteiger charge is -2.18. The van der Waals surface area contributed by atoms with E-state index in [1.807, 2.05) is 12.4 Å². The fourth-order valence-corrected chi connectivity index (χ4v) is 2.69. The number of benzene rings is 2. The number of aromatic nitrogens is 1. The van der Waals surface area contributed by atoms with E-state index in [1.165, 1.54) is 27.5 Å². The van der Waals surface area contributed by atoms with Crippen molar-refractivity contribution in [2.75, 3.05) is 0 Å². The molecule has 0 aliphatic carbocycles. The summed E-state index contributed by atoms with van der Waals surface area (Å²) in [4.78, 5) is 4.16. The van der Waals surface area contributed by atoms with Crippen LogP contribution >= 0.6 is 0 Å². The van der Waals surface area contributed by atoms with E-state index < -0.39 is 0 Å². The Labute approximate surface area is 126 Å². The van der Waals surface area contributed by atoms with Crippen LogP contribution in [0, 0.1) is 5.41 Å². The molecule has 0 fully saturated rings. The average molecular weight is 275 g/mol. The molecule has 0 atom stereocenters. The zero-order valence-corrected chi connectivity index (χ0v) is 12.9. The highest BCUT2D eigenvalue weighted by atomic mass is 14.6. The Kier molecular flexibility index (Phi) is 3.50. The van der Waals surface area contributed by atoms with Crippen LogP contribution in [-0.2, 0) is 6.42 Å². The van der Waals surface area contributed by atoms with Crippen LogP contribution in [-0.4, -0.2) is 4.98 Å². The van der Waals surface area contributed by atoms with Gasteiger partial charge in [-0.2, -0.15) is 0 Å². The van der Waals surface area contributed by atoms with Crippen molar-refractivity contribution < 1.29 is 0 Å². The van der Waals surface area contributed by atoms with E-state index in [0.717, 1.165) is 6.42 Å². The summed E-state index contributed by atoms with van der Waals surface area (Å²) in [6.07, 6.45) is 4.86. The predicted octanol–water partition coefficient (Wildman–Crippen LogP) is 5.49. The molecule has 0 unspecified atom stereocenters. The predicted molar refractivity (Wildman–Crippen MR) is 90.3 cm³/mol. The van der Waals surface area contributed by atoms with Gasteiger partial charge in [-0.05, 0) is 46.0 Å². The first-order valence-corrected chi connectivity index (χ1v) is 7.44. The molecule has 2 aromatic carbocycles. The second-order valence-corrected chi connectivity index (χ2v) is 6.87. The molecule has 0 saturated carbocycles. The first-order chi connectivity index (χ1) is 10.0. The molecule has 21 heavy (non-hydrogen) atoms. The van der Waals surface area contributed by atoms with Gasteiger partial charge in [-0.1, -0.05) is 57.2 Å². The van der Waals surface area contributed by atoms with Gasteiger partial charge in [0, 0.05) is 17.8 Å². The van der Waals surface area contributed by atoms with Crippen molar-refractivity contribution in [2.24, 2.45) is 5.41 Å². The van der Waals surface area contributed by atoms with Crippen molar-refractivity contribution in [3.8, 4) is 11.1 Å². The molecule has 0 N–H and O–H groups in total. The molecule has 106 valence electrons. The SMILES string of the molecule is CC(C)(C)Cc1ccc(-c2ccc3cnccc3c2)cc1. The summed E-state index contributed by atoms with van der Waals surface area (Å²) in [6.45, 7) is 6.83. The third-order valence-electron chi connectivity index (χ3n) is 3.66. The van der Waals surface area contributed by atoms with E-state index >= 15 is 0 Å². The number of pyridine rings is 1. The molecule has 3 rings (SSSR count). The normalized spacial score (nSPS) is 11.8. The quantitative estimate of drug-likeness (QED) is 0.602. The van der Waals surface area contributed by atoms with Crippen molar-refractivity contribution in [1.29, 1.82) is 0 Å². The molecule has 1 nitrogen and oxygen atoms in total. The minimum absolute atomic E-state index is 0.331. The smallest absolute Gasteiger partial charge is 0.0346 e. The number of nitrogens with zero attached hydrogens (tertiary/aromatic N) is 1. The molecule has 0 aliphatic heterocycles. The van der Waals surface area contributed by atoms with Crippen molar-refractivity contribution >= 4 is 10.8 Å². The minimum Gasteiger partial charge on any atom is -0.264 e. The Balaban J connectivity index is 1.91. The molecule has 0 saturated heterocycles. The van der Waals surface area contributed by atoms with Crippen LogP contribution in [0.15, 0.2) is 60.9 Å². The summed E-state index contributed by atoms with van der Waals surface area (Å²) < 4.78 is 0. The topological polar surface area (TPSA) is 12.9 Å². The van der Waals surface area contributed by atoms with Crippen molar-refractivity contribution in [2.45, 2.75) is 27.2 Å². The maximum Gasteiger partial charge on any atom is 0.0346 e. The molecule has 0 aliphatic rings. The summed E-state index contributed by atoms with van der Waals surface area (Å²) in [5.41, 5.74) is 4.26. The summed E-state index contributed by atoms with van der Waals surface area (Å²) in [5.74, 6) is 0. The van der Waals surface area contributed by atoms with Crippen LogP contribution in [0.3, 0.4) is 0 Å². The van der Waals surface area contributed by atoms with Crippen molar-refractivity contribution in [3.63, 3.8) is 0 Å². The maximum atomic E-state index is 4.16. The number of hydrogen-bond donors (Lipinski definition) is 0. The first-order valence-electron chi connectivity index (χ1n) is 7.44. The first kappa shape index (κ1) is 13.8. The standard InChI is InChI=1S/C20H21N/c1-20(2,3)13-15-4-6-16(7-5-15)17-8-9-19-14-21-11-10-18(19)12-17/h4-12,14H,13H2,1-3H3. The molecule has 3 aromatic rings. The highest BCUT2D eigenvalue weighted by Gasteiger charge is 2.11. The average Bonchev–Trinajstić information content (AvgIpc) is 2.46. The number of fused-ring (bicyclic) bond motifs is 1. The van der Waals surface area contributed by atoms with Gasteiger partial charge in [-0.25, -0.2) is 0 Å². The van der Waals surface area contributed by atoms with Gasteiger partial charge < -0.3 is 0 Å². The number of hydrogen-bond acceptors (Lipinski definition) is 1. The zero-order valence-electron chi connectivity index (χ0n) is 12.9. The largest absolute Gasteiger partial charge is 0.264 e. The third kappa shape index (κ3) is 3.30. The second-order valence-electron chi connectivity index (χ2n) is 6.87. The van der Waals surface area contributed by atoms with Crippen LogP contribution in [0.2, 0.25) is 0 Å². The van der Waals surface area contributed by atoms with E-state index in [0.29, 0.717) is 5.41 Å². The van der Waals surface area contributed by atoms with Gasteiger partial charge in [0.15, 0.2) is 0 Å². The Morgan fingerprint density at radius 3 is 2.24 bits per heavy atom. The zero-order chi connectivity index (χ0) is 14.9. The Bertz CT molecular complexity index is 749. The lowest BCUT2D eigenvalue weighted by Crippen LogP contribution is -2.08. The maximum absolute atomic E-state index is 4.16. The van der Waals surface area contributed by atoms with Gasteiger partial charge in [-0.15, -0.1) is 0 Å². The fourth-order valence-electron chi connectivity index (χ4n) is 2.69. The van der Waals surface area contributed by atoms with E-state index in [4.69, 9.17) is 0 Å². The van der Waals surface area contributed by atoms with Gasteiger partial charge in [0.1, 0.15) is 0 Å². The lowest BCUT2D eigenvalue weighted by atomic mass is 9.87. The Morgan fingerprint density at radius 1 is 0.810 bits per heavy atom. The summed E-state index contributed by atoms with van der Waals surface area (Å²) in [7, 11) is 0. The molecule has 1 aromatic heterocycles. The molecule has 1 heteroatoms. The number of rotatable bonds is 2. The van der Waals surface area contributed by atoms with E-state index in [-0.39, 0.29) is 0 Å². The lowest BCUT2D eigenvalue weighted by molar-refractivity contribution is 0.411. The van der Waals surface area contributed by atoms with Gasteiger partial charge >= 0.3 is 0 Å². The van der Waals surface area contributed by atoms with Crippen LogP contribution in [0.5, 0.6) is 0 Å². The van der Waals surface area contributed by atoms with Gasteiger partial charge in [0.05, 0.1) is 0 Å². The monoisotopic (exact) mass is 275 g/mol. The molecule has 0 bridgehead atoms. The van der Waals surface area contributed by atoms with Crippen LogP contribution in [0.1, 0.15) is 26.3 Å². The third-order valence-corrected chi connectivity index (χ3v) is 3.66. The van der Waals surface area contributed by atoms with E-state index in [1.54, 1.807) is 0 Å². The Morgan fingerprint density at radius 2 is 1.52 bits per heavy atom. The fraction of sp³-hybridized carbons (Fsp3) is 0.250.